The summed E-state index contributed by atoms with van der Waals surface area (Å²) in [7, 11) is 0. The summed E-state index contributed by atoms with van der Waals surface area (Å²) in [4.78, 5) is 11.5. The number of hydrogen-bond acceptors (Lipinski definition) is 3. The van der Waals surface area contributed by atoms with E-state index in [1.165, 1.54) is 70.6 Å². The monoisotopic (exact) mass is 329 g/mol. The molecule has 23 heavy (non-hydrogen) atoms. The first-order chi connectivity index (χ1) is 11.2. The quantitative estimate of drug-likeness (QED) is 0.275. The zero-order valence-corrected chi connectivity index (χ0v) is 15.2. The highest BCUT2D eigenvalue weighted by Crippen LogP contribution is 2.12. The summed E-state index contributed by atoms with van der Waals surface area (Å²) in [5, 5.41) is 20.0. The molecular formula is C19H39NO3. The molecule has 0 rings (SSSR count). The van der Waals surface area contributed by atoms with Gasteiger partial charge in [0.2, 0.25) is 5.91 Å². The fraction of sp³-hybridized carbons (Fsp3) is 0.947. The highest BCUT2D eigenvalue weighted by Gasteiger charge is 2.02. The van der Waals surface area contributed by atoms with E-state index in [4.69, 9.17) is 10.2 Å². The standard InChI is InChI=1S/C19H39NO3/c1-2-3-4-5-6-7-8-9-10-11-12-13-14-15-18(21)20-17-16-19(22)23/h19,22-23H,2-17H2,1H3,(H,20,21). The Morgan fingerprint density at radius 1 is 0.783 bits per heavy atom. The van der Waals surface area contributed by atoms with E-state index in [0.29, 0.717) is 13.0 Å². The molecule has 0 aliphatic heterocycles. The van der Waals surface area contributed by atoms with Gasteiger partial charge in [-0.1, -0.05) is 84.0 Å². The van der Waals surface area contributed by atoms with Crippen molar-refractivity contribution in [2.45, 2.75) is 110 Å². The van der Waals surface area contributed by atoms with Gasteiger partial charge in [0.25, 0.3) is 0 Å². The average Bonchev–Trinajstić information content (AvgIpc) is 2.51. The Bertz CT molecular complexity index is 257. The van der Waals surface area contributed by atoms with Crippen molar-refractivity contribution in [2.75, 3.05) is 6.54 Å². The number of aliphatic hydroxyl groups excluding tert-OH is 1. The molecule has 1 amide bonds. The lowest BCUT2D eigenvalue weighted by atomic mass is 10.0. The molecule has 0 atom stereocenters. The van der Waals surface area contributed by atoms with Gasteiger partial charge in [0, 0.05) is 19.4 Å². The van der Waals surface area contributed by atoms with E-state index < -0.39 is 6.29 Å². The summed E-state index contributed by atoms with van der Waals surface area (Å²) < 4.78 is 0. The van der Waals surface area contributed by atoms with E-state index in [1.807, 2.05) is 0 Å². The minimum Gasteiger partial charge on any atom is -0.368 e. The molecule has 0 heterocycles. The third-order valence-corrected chi connectivity index (χ3v) is 4.23. The molecule has 0 aliphatic rings. The molecule has 0 aromatic rings. The van der Waals surface area contributed by atoms with E-state index in [9.17, 15) is 4.79 Å². The van der Waals surface area contributed by atoms with Crippen molar-refractivity contribution >= 4 is 5.91 Å². The molecule has 0 fully saturated rings. The Kier molecular flexibility index (Phi) is 17.3. The minimum atomic E-state index is -1.33. The summed E-state index contributed by atoms with van der Waals surface area (Å²) in [6.45, 7) is 2.60. The number of aliphatic hydroxyl groups is 2. The molecule has 4 nitrogen and oxygen atoms in total. The van der Waals surface area contributed by atoms with Crippen molar-refractivity contribution in [1.82, 2.24) is 5.32 Å². The lowest BCUT2D eigenvalue weighted by molar-refractivity contribution is -0.121. The SMILES string of the molecule is CCCCCCCCCCCCCCCC(=O)NCCC(O)O. The molecule has 0 aliphatic carbocycles. The number of carbonyl (C=O) groups is 1. The van der Waals surface area contributed by atoms with Crippen LogP contribution in [0.25, 0.3) is 0 Å². The van der Waals surface area contributed by atoms with Crippen LogP contribution in [0.1, 0.15) is 103 Å². The van der Waals surface area contributed by atoms with Crippen LogP contribution in [0, 0.1) is 0 Å². The first kappa shape index (κ1) is 22.4. The van der Waals surface area contributed by atoms with Gasteiger partial charge in [-0.3, -0.25) is 4.79 Å². The zero-order valence-electron chi connectivity index (χ0n) is 15.2. The predicted molar refractivity (Wildman–Crippen MR) is 96.2 cm³/mol. The maximum atomic E-state index is 11.5. The van der Waals surface area contributed by atoms with E-state index >= 15 is 0 Å². The molecule has 3 N–H and O–H groups in total. The van der Waals surface area contributed by atoms with Crippen molar-refractivity contribution in [2.24, 2.45) is 0 Å². The number of nitrogens with one attached hydrogen (secondary N) is 1. The molecular weight excluding hydrogens is 290 g/mol. The van der Waals surface area contributed by atoms with Crippen LogP contribution < -0.4 is 5.32 Å². The molecule has 0 aromatic carbocycles. The Morgan fingerprint density at radius 3 is 1.65 bits per heavy atom. The molecule has 0 bridgehead atoms. The fourth-order valence-corrected chi connectivity index (χ4v) is 2.73. The molecule has 138 valence electrons. The number of rotatable bonds is 17. The van der Waals surface area contributed by atoms with Gasteiger partial charge < -0.3 is 15.5 Å². The van der Waals surface area contributed by atoms with Crippen LogP contribution >= 0.6 is 0 Å². The second-order valence-corrected chi connectivity index (χ2v) is 6.61. The van der Waals surface area contributed by atoms with Gasteiger partial charge >= 0.3 is 0 Å². The van der Waals surface area contributed by atoms with Gasteiger partial charge in [0.1, 0.15) is 0 Å². The van der Waals surface area contributed by atoms with Crippen molar-refractivity contribution < 1.29 is 15.0 Å². The molecule has 0 radical (unpaired) electrons. The third-order valence-electron chi connectivity index (χ3n) is 4.23. The van der Waals surface area contributed by atoms with E-state index in [1.54, 1.807) is 0 Å². The van der Waals surface area contributed by atoms with Crippen LogP contribution in [0.2, 0.25) is 0 Å². The van der Waals surface area contributed by atoms with E-state index in [2.05, 4.69) is 12.2 Å². The Labute approximate surface area is 143 Å². The first-order valence-electron chi connectivity index (χ1n) is 9.79. The second-order valence-electron chi connectivity index (χ2n) is 6.61. The van der Waals surface area contributed by atoms with Crippen LogP contribution in [0.3, 0.4) is 0 Å². The first-order valence-corrected chi connectivity index (χ1v) is 9.79. The maximum Gasteiger partial charge on any atom is 0.219 e. The fourth-order valence-electron chi connectivity index (χ4n) is 2.73. The summed E-state index contributed by atoms with van der Waals surface area (Å²) in [5.41, 5.74) is 0. The third kappa shape index (κ3) is 19.3. The smallest absolute Gasteiger partial charge is 0.219 e. The van der Waals surface area contributed by atoms with Crippen molar-refractivity contribution in [3.05, 3.63) is 0 Å². The lowest BCUT2D eigenvalue weighted by Crippen LogP contribution is -2.26. The lowest BCUT2D eigenvalue weighted by Gasteiger charge is -2.06. The van der Waals surface area contributed by atoms with Gasteiger partial charge in [0.05, 0.1) is 0 Å². The highest BCUT2D eigenvalue weighted by atomic mass is 16.5. The summed E-state index contributed by atoms with van der Waals surface area (Å²) in [6, 6.07) is 0. The summed E-state index contributed by atoms with van der Waals surface area (Å²) in [6.07, 6.45) is 16.4. The van der Waals surface area contributed by atoms with Gasteiger partial charge in [0.15, 0.2) is 6.29 Å². The van der Waals surface area contributed by atoms with Crippen LogP contribution in [0.5, 0.6) is 0 Å². The maximum absolute atomic E-state index is 11.5. The Hall–Kier alpha value is -0.610. The molecule has 4 heteroatoms. The number of carbonyl (C=O) groups excluding carboxylic acids is 1. The summed E-state index contributed by atoms with van der Waals surface area (Å²) in [5.74, 6) is 0.0220. The van der Waals surface area contributed by atoms with Gasteiger partial charge in [-0.2, -0.15) is 0 Å². The van der Waals surface area contributed by atoms with Crippen LogP contribution in [0.15, 0.2) is 0 Å². The largest absolute Gasteiger partial charge is 0.368 e. The minimum absolute atomic E-state index is 0.0220. The highest BCUT2D eigenvalue weighted by molar-refractivity contribution is 5.75. The Morgan fingerprint density at radius 2 is 1.22 bits per heavy atom. The van der Waals surface area contributed by atoms with Crippen LogP contribution in [-0.2, 0) is 4.79 Å². The molecule has 0 saturated heterocycles. The molecule has 0 unspecified atom stereocenters. The summed E-state index contributed by atoms with van der Waals surface area (Å²) >= 11 is 0. The average molecular weight is 330 g/mol. The second kappa shape index (κ2) is 17.7. The van der Waals surface area contributed by atoms with E-state index in [-0.39, 0.29) is 12.3 Å². The van der Waals surface area contributed by atoms with Gasteiger partial charge in [-0.15, -0.1) is 0 Å². The van der Waals surface area contributed by atoms with Gasteiger partial charge in [-0.25, -0.2) is 0 Å². The van der Waals surface area contributed by atoms with Crippen molar-refractivity contribution in [3.63, 3.8) is 0 Å². The number of hydrogen-bond donors (Lipinski definition) is 3. The van der Waals surface area contributed by atoms with Crippen molar-refractivity contribution in [3.8, 4) is 0 Å². The topological polar surface area (TPSA) is 69.6 Å². The normalized spacial score (nSPS) is 11.1. The molecule has 0 spiro atoms. The molecule has 0 aromatic heterocycles. The van der Waals surface area contributed by atoms with E-state index in [0.717, 1.165) is 12.8 Å². The van der Waals surface area contributed by atoms with Crippen molar-refractivity contribution in [1.29, 1.82) is 0 Å². The Balaban J connectivity index is 3.11. The number of unbranched alkanes of at least 4 members (excludes halogenated alkanes) is 12. The zero-order chi connectivity index (χ0) is 17.2. The van der Waals surface area contributed by atoms with Gasteiger partial charge in [-0.05, 0) is 6.42 Å². The van der Waals surface area contributed by atoms with Crippen LogP contribution in [-0.4, -0.2) is 29.0 Å². The molecule has 0 saturated carbocycles. The predicted octanol–water partition coefficient (Wildman–Crippen LogP) is 4.28. The number of amides is 1. The van der Waals surface area contributed by atoms with Crippen LogP contribution in [0.4, 0.5) is 0 Å².